The van der Waals surface area contributed by atoms with Crippen LogP contribution in [-0.4, -0.2) is 36.1 Å². The van der Waals surface area contributed by atoms with E-state index in [9.17, 15) is 18.0 Å². The smallest absolute Gasteiger partial charge is 0.406 e. The molecule has 4 nitrogen and oxygen atoms in total. The Labute approximate surface area is 114 Å². The number of hydrogen-bond acceptors (Lipinski definition) is 3. The van der Waals surface area contributed by atoms with Crippen molar-refractivity contribution in [1.82, 2.24) is 10.2 Å². The van der Waals surface area contributed by atoms with Crippen LogP contribution in [0.15, 0.2) is 22.8 Å². The lowest BCUT2D eigenvalue weighted by Gasteiger charge is -2.24. The van der Waals surface area contributed by atoms with Crippen LogP contribution in [0.2, 0.25) is 0 Å². The molecule has 1 aromatic heterocycles. The number of rotatable bonds is 5. The van der Waals surface area contributed by atoms with Gasteiger partial charge in [0, 0.05) is 12.5 Å². The molecule has 112 valence electrons. The zero-order valence-corrected chi connectivity index (χ0v) is 10.9. The van der Waals surface area contributed by atoms with Crippen LogP contribution in [0, 0.1) is 0 Å². The van der Waals surface area contributed by atoms with Crippen molar-refractivity contribution in [3.05, 3.63) is 24.2 Å². The van der Waals surface area contributed by atoms with Crippen LogP contribution in [0.4, 0.5) is 13.2 Å². The highest BCUT2D eigenvalue weighted by Gasteiger charge is 2.34. The summed E-state index contributed by atoms with van der Waals surface area (Å²) in [5.74, 6) is -0.153. The minimum Gasteiger partial charge on any atom is -0.467 e. The van der Waals surface area contributed by atoms with Crippen molar-refractivity contribution >= 4 is 5.91 Å². The molecule has 1 saturated heterocycles. The number of halogens is 3. The highest BCUT2D eigenvalue weighted by Crippen LogP contribution is 2.20. The number of nitrogens with one attached hydrogen (secondary N) is 1. The molecule has 7 heteroatoms. The van der Waals surface area contributed by atoms with E-state index in [0.29, 0.717) is 5.76 Å². The first-order valence-electron chi connectivity index (χ1n) is 6.54. The second-order valence-corrected chi connectivity index (χ2v) is 4.94. The molecule has 1 aromatic rings. The molecule has 1 aliphatic heterocycles. The van der Waals surface area contributed by atoms with Gasteiger partial charge in [0.2, 0.25) is 5.91 Å². The van der Waals surface area contributed by atoms with Gasteiger partial charge in [-0.05, 0) is 31.5 Å². The maximum Gasteiger partial charge on any atom is 0.406 e. The maximum atomic E-state index is 12.6. The molecule has 2 heterocycles. The first-order valence-corrected chi connectivity index (χ1v) is 6.54. The molecule has 2 rings (SSSR count). The summed E-state index contributed by atoms with van der Waals surface area (Å²) < 4.78 is 42.7. The van der Waals surface area contributed by atoms with E-state index >= 15 is 0 Å². The van der Waals surface area contributed by atoms with E-state index in [4.69, 9.17) is 4.42 Å². The molecule has 1 amide bonds. The number of carbonyl (C=O) groups excluding carboxylic acids is 1. The number of hydrogen-bond donors (Lipinski definition) is 1. The lowest BCUT2D eigenvalue weighted by atomic mass is 10.1. The molecular formula is C13H17F3N2O2. The molecule has 0 aromatic carbocycles. The van der Waals surface area contributed by atoms with Crippen LogP contribution in [0.1, 0.15) is 25.0 Å². The molecule has 0 aliphatic carbocycles. The standard InChI is InChI=1S/C13H17F3N2O2/c14-13(15,16)9-18(8-11-4-2-6-20-11)12(19)7-10-3-1-5-17-10/h2,4,6,10,17H,1,3,5,7-9H2. The summed E-state index contributed by atoms with van der Waals surface area (Å²) in [7, 11) is 0. The average molecular weight is 290 g/mol. The predicted octanol–water partition coefficient (Wildman–Crippen LogP) is 2.31. The van der Waals surface area contributed by atoms with Crippen molar-refractivity contribution in [1.29, 1.82) is 0 Å². The number of nitrogens with zero attached hydrogens (tertiary/aromatic N) is 1. The summed E-state index contributed by atoms with van der Waals surface area (Å²) in [5, 5.41) is 3.11. The Morgan fingerprint density at radius 3 is 2.85 bits per heavy atom. The van der Waals surface area contributed by atoms with E-state index < -0.39 is 18.6 Å². The molecule has 1 atom stereocenters. The van der Waals surface area contributed by atoms with E-state index in [-0.39, 0.29) is 19.0 Å². The second-order valence-electron chi connectivity index (χ2n) is 4.94. The van der Waals surface area contributed by atoms with Crippen molar-refractivity contribution in [3.63, 3.8) is 0 Å². The van der Waals surface area contributed by atoms with Crippen LogP contribution in [-0.2, 0) is 11.3 Å². The number of alkyl halides is 3. The highest BCUT2D eigenvalue weighted by molar-refractivity contribution is 5.76. The molecular weight excluding hydrogens is 273 g/mol. The van der Waals surface area contributed by atoms with Crippen molar-refractivity contribution in [3.8, 4) is 0 Å². The molecule has 1 fully saturated rings. The topological polar surface area (TPSA) is 45.5 Å². The monoisotopic (exact) mass is 290 g/mol. The van der Waals surface area contributed by atoms with Crippen LogP contribution >= 0.6 is 0 Å². The molecule has 1 unspecified atom stereocenters. The summed E-state index contributed by atoms with van der Waals surface area (Å²) in [6.07, 6.45) is -1.16. The van der Waals surface area contributed by atoms with Crippen molar-refractivity contribution in [2.24, 2.45) is 0 Å². The first kappa shape index (κ1) is 14.9. The van der Waals surface area contributed by atoms with Gasteiger partial charge in [-0.1, -0.05) is 0 Å². The Hall–Kier alpha value is -1.50. The quantitative estimate of drug-likeness (QED) is 0.905. The van der Waals surface area contributed by atoms with Crippen molar-refractivity contribution < 1.29 is 22.4 Å². The lowest BCUT2D eigenvalue weighted by Crippen LogP contribution is -2.40. The Morgan fingerprint density at radius 2 is 2.30 bits per heavy atom. The van der Waals surface area contributed by atoms with Gasteiger partial charge < -0.3 is 14.6 Å². The van der Waals surface area contributed by atoms with Gasteiger partial charge in [0.1, 0.15) is 12.3 Å². The number of carbonyl (C=O) groups is 1. The molecule has 0 saturated carbocycles. The predicted molar refractivity (Wildman–Crippen MR) is 65.8 cm³/mol. The summed E-state index contributed by atoms with van der Waals surface area (Å²) >= 11 is 0. The highest BCUT2D eigenvalue weighted by atomic mass is 19.4. The largest absolute Gasteiger partial charge is 0.467 e. The lowest BCUT2D eigenvalue weighted by molar-refractivity contribution is -0.163. The fourth-order valence-electron chi connectivity index (χ4n) is 2.31. The van der Waals surface area contributed by atoms with Gasteiger partial charge in [0.15, 0.2) is 0 Å². The van der Waals surface area contributed by atoms with E-state index in [1.54, 1.807) is 12.1 Å². The van der Waals surface area contributed by atoms with Crippen molar-refractivity contribution in [2.45, 2.75) is 38.0 Å². The van der Waals surface area contributed by atoms with Gasteiger partial charge in [0.05, 0.1) is 12.8 Å². The van der Waals surface area contributed by atoms with Crippen LogP contribution in [0.5, 0.6) is 0 Å². The number of amides is 1. The molecule has 0 radical (unpaired) electrons. The third-order valence-electron chi connectivity index (χ3n) is 3.23. The summed E-state index contributed by atoms with van der Waals surface area (Å²) in [4.78, 5) is 12.9. The Balaban J connectivity index is 1.98. The fraction of sp³-hybridized carbons (Fsp3) is 0.615. The normalized spacial score (nSPS) is 19.2. The van der Waals surface area contributed by atoms with E-state index in [1.165, 1.54) is 6.26 Å². The van der Waals surface area contributed by atoms with E-state index in [2.05, 4.69) is 5.32 Å². The van der Waals surface area contributed by atoms with E-state index in [1.807, 2.05) is 0 Å². The van der Waals surface area contributed by atoms with Gasteiger partial charge in [-0.15, -0.1) is 0 Å². The summed E-state index contributed by atoms with van der Waals surface area (Å²) in [6.45, 7) is -0.591. The molecule has 20 heavy (non-hydrogen) atoms. The van der Waals surface area contributed by atoms with Crippen LogP contribution in [0.25, 0.3) is 0 Å². The first-order chi connectivity index (χ1) is 9.44. The number of furan rings is 1. The second kappa shape index (κ2) is 6.30. The van der Waals surface area contributed by atoms with Gasteiger partial charge >= 0.3 is 6.18 Å². The van der Waals surface area contributed by atoms with Crippen molar-refractivity contribution in [2.75, 3.05) is 13.1 Å². The molecule has 1 N–H and O–H groups in total. The minimum absolute atomic E-state index is 0.0187. The Kier molecular flexibility index (Phi) is 4.69. The fourth-order valence-corrected chi connectivity index (χ4v) is 2.31. The third-order valence-corrected chi connectivity index (χ3v) is 3.23. The van der Waals surface area contributed by atoms with Gasteiger partial charge in [0.25, 0.3) is 0 Å². The Morgan fingerprint density at radius 1 is 1.50 bits per heavy atom. The van der Waals surface area contributed by atoms with Crippen LogP contribution in [0.3, 0.4) is 0 Å². The minimum atomic E-state index is -4.41. The zero-order chi connectivity index (χ0) is 14.6. The molecule has 1 aliphatic rings. The van der Waals surface area contributed by atoms with Gasteiger partial charge in [-0.3, -0.25) is 4.79 Å². The summed E-state index contributed by atoms with van der Waals surface area (Å²) in [6, 6.07) is 3.13. The third kappa shape index (κ3) is 4.56. The van der Waals surface area contributed by atoms with Gasteiger partial charge in [-0.25, -0.2) is 0 Å². The van der Waals surface area contributed by atoms with Gasteiger partial charge in [-0.2, -0.15) is 13.2 Å². The molecule has 0 bridgehead atoms. The average Bonchev–Trinajstić information content (AvgIpc) is 2.99. The maximum absolute atomic E-state index is 12.6. The van der Waals surface area contributed by atoms with E-state index in [0.717, 1.165) is 24.3 Å². The summed E-state index contributed by atoms with van der Waals surface area (Å²) in [5.41, 5.74) is 0. The zero-order valence-electron chi connectivity index (χ0n) is 10.9. The SMILES string of the molecule is O=C(CC1CCCN1)N(Cc1ccco1)CC(F)(F)F. The Bertz CT molecular complexity index is 425. The molecule has 0 spiro atoms. The van der Waals surface area contributed by atoms with Crippen LogP contribution < -0.4 is 5.32 Å².